The third-order valence-corrected chi connectivity index (χ3v) is 5.77. The fourth-order valence-electron chi connectivity index (χ4n) is 4.18. The molecule has 5 heteroatoms. The van der Waals surface area contributed by atoms with Crippen molar-refractivity contribution >= 4 is 10.9 Å². The van der Waals surface area contributed by atoms with Crippen LogP contribution in [0.15, 0.2) is 79.0 Å². The Bertz CT molecular complexity index is 1190. The Kier molecular flexibility index (Phi) is 5.69. The Morgan fingerprint density at radius 1 is 0.935 bits per heavy atom. The normalized spacial score (nSPS) is 17.1. The topological polar surface area (TPSA) is 38.2 Å². The van der Waals surface area contributed by atoms with E-state index in [-0.39, 0.29) is 11.9 Å². The highest BCUT2D eigenvalue weighted by molar-refractivity contribution is 5.81. The molecule has 0 spiro atoms. The molecule has 3 heterocycles. The molecule has 1 atom stereocenters. The van der Waals surface area contributed by atoms with E-state index in [1.165, 1.54) is 17.0 Å². The highest BCUT2D eigenvalue weighted by atomic mass is 19.1. The van der Waals surface area contributed by atoms with Gasteiger partial charge in [0.05, 0.1) is 17.8 Å². The smallest absolute Gasteiger partial charge is 0.126 e. The van der Waals surface area contributed by atoms with Crippen molar-refractivity contribution in [1.29, 1.82) is 0 Å². The third-order valence-electron chi connectivity index (χ3n) is 5.77. The van der Waals surface area contributed by atoms with Gasteiger partial charge in [0.15, 0.2) is 0 Å². The SMILES string of the molecule is Fc1ccccc1Cc1cccc([C@@H]2CN(Cc3cccc4ncccc34)CCO2)n1. The molecule has 31 heavy (non-hydrogen) atoms. The van der Waals surface area contributed by atoms with Crippen LogP contribution in [0, 0.1) is 5.82 Å². The minimum absolute atomic E-state index is 0.0950. The predicted molar refractivity (Wildman–Crippen MR) is 119 cm³/mol. The molecule has 0 bridgehead atoms. The highest BCUT2D eigenvalue weighted by Gasteiger charge is 2.24. The number of benzene rings is 2. The molecule has 0 unspecified atom stereocenters. The number of aromatic nitrogens is 2. The maximum Gasteiger partial charge on any atom is 0.126 e. The van der Waals surface area contributed by atoms with Crippen LogP contribution in [0.5, 0.6) is 0 Å². The van der Waals surface area contributed by atoms with E-state index in [9.17, 15) is 4.39 Å². The average Bonchev–Trinajstić information content (AvgIpc) is 2.81. The summed E-state index contributed by atoms with van der Waals surface area (Å²) < 4.78 is 20.1. The minimum Gasteiger partial charge on any atom is -0.369 e. The standard InChI is InChI=1S/C26H24FN3O/c27-23-10-2-1-6-19(23)16-21-8-4-12-25(29-21)26-18-30(14-15-31-26)17-20-7-3-11-24-22(20)9-5-13-28-24/h1-13,26H,14-18H2/t26-/m0/s1. The Labute approximate surface area is 181 Å². The maximum atomic E-state index is 14.0. The first-order valence-corrected chi connectivity index (χ1v) is 10.6. The second-order valence-corrected chi connectivity index (χ2v) is 7.90. The molecule has 1 saturated heterocycles. The molecule has 1 aliphatic heterocycles. The molecule has 0 aliphatic carbocycles. The number of hydrogen-bond acceptors (Lipinski definition) is 4. The van der Waals surface area contributed by atoms with E-state index in [0.717, 1.165) is 36.5 Å². The molecule has 0 saturated carbocycles. The summed E-state index contributed by atoms with van der Waals surface area (Å²) in [5.74, 6) is -0.195. The van der Waals surface area contributed by atoms with Crippen molar-refractivity contribution in [3.63, 3.8) is 0 Å². The average molecular weight is 413 g/mol. The molecule has 4 nitrogen and oxygen atoms in total. The molecule has 2 aromatic heterocycles. The fourth-order valence-corrected chi connectivity index (χ4v) is 4.18. The molecule has 5 rings (SSSR count). The molecule has 2 aromatic carbocycles. The number of halogens is 1. The van der Waals surface area contributed by atoms with Crippen LogP contribution >= 0.6 is 0 Å². The zero-order valence-electron chi connectivity index (χ0n) is 17.2. The molecule has 0 N–H and O–H groups in total. The lowest BCUT2D eigenvalue weighted by atomic mass is 10.1. The van der Waals surface area contributed by atoms with Gasteiger partial charge in [-0.3, -0.25) is 14.9 Å². The zero-order chi connectivity index (χ0) is 21.0. The van der Waals surface area contributed by atoms with Gasteiger partial charge in [-0.25, -0.2) is 4.39 Å². The monoisotopic (exact) mass is 413 g/mol. The summed E-state index contributed by atoms with van der Waals surface area (Å²) >= 11 is 0. The first-order chi connectivity index (χ1) is 15.3. The van der Waals surface area contributed by atoms with Crippen LogP contribution in [0.25, 0.3) is 10.9 Å². The van der Waals surface area contributed by atoms with Gasteiger partial charge in [-0.1, -0.05) is 42.5 Å². The van der Waals surface area contributed by atoms with E-state index in [1.807, 2.05) is 48.7 Å². The Morgan fingerprint density at radius 2 is 1.81 bits per heavy atom. The number of pyridine rings is 2. The van der Waals surface area contributed by atoms with Gasteiger partial charge < -0.3 is 4.74 Å². The van der Waals surface area contributed by atoms with Crippen molar-refractivity contribution < 1.29 is 9.13 Å². The number of hydrogen-bond donors (Lipinski definition) is 0. The van der Waals surface area contributed by atoms with Crippen molar-refractivity contribution in [2.45, 2.75) is 19.1 Å². The van der Waals surface area contributed by atoms with Crippen molar-refractivity contribution in [2.24, 2.45) is 0 Å². The van der Waals surface area contributed by atoms with E-state index >= 15 is 0 Å². The molecule has 156 valence electrons. The first-order valence-electron chi connectivity index (χ1n) is 10.6. The second kappa shape index (κ2) is 8.92. The second-order valence-electron chi connectivity index (χ2n) is 7.90. The van der Waals surface area contributed by atoms with Crippen LogP contribution in [0.3, 0.4) is 0 Å². The van der Waals surface area contributed by atoms with Crippen molar-refractivity contribution in [1.82, 2.24) is 14.9 Å². The van der Waals surface area contributed by atoms with Crippen molar-refractivity contribution in [3.05, 3.63) is 107 Å². The lowest BCUT2D eigenvalue weighted by Crippen LogP contribution is -2.38. The van der Waals surface area contributed by atoms with E-state index in [0.29, 0.717) is 18.6 Å². The summed E-state index contributed by atoms with van der Waals surface area (Å²) in [6, 6.07) is 23.2. The van der Waals surface area contributed by atoms with Crippen LogP contribution in [0.1, 0.15) is 28.6 Å². The Hall–Kier alpha value is -3.15. The van der Waals surface area contributed by atoms with E-state index in [2.05, 4.69) is 28.1 Å². The van der Waals surface area contributed by atoms with E-state index in [1.54, 1.807) is 6.07 Å². The molecule has 1 aliphatic rings. The molecular formula is C26H24FN3O. The first kappa shape index (κ1) is 19.8. The molecular weight excluding hydrogens is 389 g/mol. The fraction of sp³-hybridized carbons (Fsp3) is 0.231. The molecule has 4 aromatic rings. The van der Waals surface area contributed by atoms with Crippen LogP contribution in [-0.4, -0.2) is 34.6 Å². The van der Waals surface area contributed by atoms with Crippen LogP contribution in [0.2, 0.25) is 0 Å². The number of fused-ring (bicyclic) bond motifs is 1. The number of rotatable bonds is 5. The van der Waals surface area contributed by atoms with Gasteiger partial charge in [0, 0.05) is 43.3 Å². The molecule has 0 radical (unpaired) electrons. The van der Waals surface area contributed by atoms with E-state index in [4.69, 9.17) is 9.72 Å². The van der Waals surface area contributed by atoms with Crippen LogP contribution in [0.4, 0.5) is 4.39 Å². The van der Waals surface area contributed by atoms with Gasteiger partial charge in [-0.2, -0.15) is 0 Å². The van der Waals surface area contributed by atoms with Crippen LogP contribution < -0.4 is 0 Å². The van der Waals surface area contributed by atoms with Gasteiger partial charge in [-0.15, -0.1) is 0 Å². The lowest BCUT2D eigenvalue weighted by Gasteiger charge is -2.33. The summed E-state index contributed by atoms with van der Waals surface area (Å²) in [4.78, 5) is 11.7. The molecule has 1 fully saturated rings. The number of morpholine rings is 1. The van der Waals surface area contributed by atoms with Crippen molar-refractivity contribution in [2.75, 3.05) is 19.7 Å². The largest absolute Gasteiger partial charge is 0.369 e. The van der Waals surface area contributed by atoms with Crippen LogP contribution in [-0.2, 0) is 17.7 Å². The summed E-state index contributed by atoms with van der Waals surface area (Å²) in [5.41, 5.74) is 4.70. The Morgan fingerprint density at radius 3 is 2.74 bits per heavy atom. The number of ether oxygens (including phenoxy) is 1. The zero-order valence-corrected chi connectivity index (χ0v) is 17.2. The summed E-state index contributed by atoms with van der Waals surface area (Å²) in [6.45, 7) is 3.15. The Balaban J connectivity index is 1.32. The van der Waals surface area contributed by atoms with Crippen molar-refractivity contribution in [3.8, 4) is 0 Å². The van der Waals surface area contributed by atoms with Gasteiger partial charge in [0.25, 0.3) is 0 Å². The molecule has 0 amide bonds. The highest BCUT2D eigenvalue weighted by Crippen LogP contribution is 2.25. The third kappa shape index (κ3) is 4.48. The quantitative estimate of drug-likeness (QED) is 0.465. The summed E-state index contributed by atoms with van der Waals surface area (Å²) in [5, 5.41) is 1.19. The van der Waals surface area contributed by atoms with Gasteiger partial charge in [-0.05, 0) is 41.5 Å². The van der Waals surface area contributed by atoms with Gasteiger partial charge >= 0.3 is 0 Å². The lowest BCUT2D eigenvalue weighted by molar-refractivity contribution is -0.0349. The van der Waals surface area contributed by atoms with E-state index < -0.39 is 0 Å². The van der Waals surface area contributed by atoms with Gasteiger partial charge in [0.2, 0.25) is 0 Å². The maximum absolute atomic E-state index is 14.0. The minimum atomic E-state index is -0.195. The number of nitrogens with zero attached hydrogens (tertiary/aromatic N) is 3. The summed E-state index contributed by atoms with van der Waals surface area (Å²) in [7, 11) is 0. The van der Waals surface area contributed by atoms with Gasteiger partial charge in [0.1, 0.15) is 11.9 Å². The summed E-state index contributed by atoms with van der Waals surface area (Å²) in [6.07, 6.45) is 2.21. The predicted octanol–water partition coefficient (Wildman–Crippen LogP) is 4.93.